The Morgan fingerprint density at radius 1 is 1.11 bits per heavy atom. The van der Waals surface area contributed by atoms with Crippen LogP contribution in [-0.2, 0) is 6.54 Å². The lowest BCUT2D eigenvalue weighted by Crippen LogP contribution is -2.54. The number of pyridine rings is 3. The summed E-state index contributed by atoms with van der Waals surface area (Å²) in [5.74, 6) is -0.752. The summed E-state index contributed by atoms with van der Waals surface area (Å²) in [6.45, 7) is 0.144. The minimum absolute atomic E-state index is 0.0518. The minimum atomic E-state index is -0.441. The molecule has 6 rings (SSSR count). The third-order valence-electron chi connectivity index (χ3n) is 7.72. The van der Waals surface area contributed by atoms with Crippen LogP contribution in [0.3, 0.4) is 0 Å². The van der Waals surface area contributed by atoms with Crippen molar-refractivity contribution in [3.8, 4) is 17.3 Å². The first-order chi connectivity index (χ1) is 17.9. The van der Waals surface area contributed by atoms with E-state index in [0.29, 0.717) is 38.8 Å². The fourth-order valence-electron chi connectivity index (χ4n) is 5.55. The average molecular weight is 494 g/mol. The third kappa shape index (κ3) is 4.27. The predicted molar refractivity (Wildman–Crippen MR) is 136 cm³/mol. The molecule has 2 saturated carbocycles. The van der Waals surface area contributed by atoms with Gasteiger partial charge in [0, 0.05) is 29.4 Å². The topological polar surface area (TPSA) is 101 Å². The van der Waals surface area contributed by atoms with E-state index in [1.54, 1.807) is 36.5 Å². The number of carbonyl (C=O) groups excluding carboxylic acids is 1. The Bertz CT molecular complexity index is 1610. The zero-order chi connectivity index (χ0) is 25.6. The zero-order valence-electron chi connectivity index (χ0n) is 20.1. The molecule has 2 fully saturated rings. The first-order valence-electron chi connectivity index (χ1n) is 12.4. The maximum atomic E-state index is 13.5. The quantitative estimate of drug-likeness (QED) is 0.439. The van der Waals surface area contributed by atoms with Gasteiger partial charge >= 0.3 is 0 Å². The second kappa shape index (κ2) is 8.93. The molecule has 0 bridgehead atoms. The standard InChI is InChI=1S/C29H24FN5O2/c30-22-5-2-18(3-6-22)17-35-26-20(10-21(16-33-26)25-7-4-19(14-31)15-32-25)11-24(28(35)37)27(36)34-23-12-29(13-23)8-1-9-29/h2-7,10-11,15-16,23H,1,8-9,12-13,17H2,(H,34,36). The third-order valence-corrected chi connectivity index (χ3v) is 7.72. The lowest BCUT2D eigenvalue weighted by Gasteiger charge is -2.54. The molecule has 0 saturated heterocycles. The van der Waals surface area contributed by atoms with Gasteiger partial charge < -0.3 is 5.32 Å². The molecule has 7 nitrogen and oxygen atoms in total. The molecule has 2 aliphatic rings. The highest BCUT2D eigenvalue weighted by atomic mass is 19.1. The number of rotatable bonds is 5. The molecule has 3 aromatic heterocycles. The van der Waals surface area contributed by atoms with Crippen LogP contribution >= 0.6 is 0 Å². The highest BCUT2D eigenvalue weighted by molar-refractivity contribution is 5.97. The van der Waals surface area contributed by atoms with Gasteiger partial charge in [-0.2, -0.15) is 5.26 Å². The second-order valence-corrected chi connectivity index (χ2v) is 10.2. The fraction of sp³-hybridized carbons (Fsp3) is 0.276. The van der Waals surface area contributed by atoms with Crippen molar-refractivity contribution < 1.29 is 9.18 Å². The van der Waals surface area contributed by atoms with Gasteiger partial charge in [0.15, 0.2) is 0 Å². The predicted octanol–water partition coefficient (Wildman–Crippen LogP) is 4.58. The van der Waals surface area contributed by atoms with Crippen molar-refractivity contribution in [3.05, 3.63) is 93.8 Å². The normalized spacial score (nSPS) is 16.1. The van der Waals surface area contributed by atoms with Crippen molar-refractivity contribution in [2.45, 2.75) is 44.7 Å². The summed E-state index contributed by atoms with van der Waals surface area (Å²) in [6.07, 6.45) is 8.72. The van der Waals surface area contributed by atoms with E-state index < -0.39 is 5.56 Å². The molecule has 2 aliphatic carbocycles. The lowest BCUT2D eigenvalue weighted by molar-refractivity contribution is -0.000650. The number of amides is 1. The van der Waals surface area contributed by atoms with Crippen LogP contribution < -0.4 is 10.9 Å². The first kappa shape index (κ1) is 23.0. The number of carbonyl (C=O) groups is 1. The molecular weight excluding hydrogens is 469 g/mol. The highest BCUT2D eigenvalue weighted by Gasteiger charge is 2.48. The number of aromatic nitrogens is 3. The van der Waals surface area contributed by atoms with Gasteiger partial charge in [0.25, 0.3) is 11.5 Å². The van der Waals surface area contributed by atoms with Crippen LogP contribution in [0.1, 0.15) is 53.6 Å². The molecule has 0 aliphatic heterocycles. The Kier molecular flexibility index (Phi) is 5.56. The van der Waals surface area contributed by atoms with Crippen LogP contribution in [0.5, 0.6) is 0 Å². The SMILES string of the molecule is N#Cc1ccc(-c2cnc3c(c2)cc(C(=O)NC2CC4(CCC4)C2)c(=O)n3Cc2ccc(F)cc2)nc1. The van der Waals surface area contributed by atoms with E-state index >= 15 is 0 Å². The Balaban J connectivity index is 1.40. The molecule has 1 aromatic carbocycles. The summed E-state index contributed by atoms with van der Waals surface area (Å²) in [4.78, 5) is 35.7. The Morgan fingerprint density at radius 3 is 2.54 bits per heavy atom. The number of nitrogens with one attached hydrogen (secondary N) is 1. The van der Waals surface area contributed by atoms with Gasteiger partial charge in [-0.1, -0.05) is 18.6 Å². The monoisotopic (exact) mass is 493 g/mol. The average Bonchev–Trinajstić information content (AvgIpc) is 2.87. The van der Waals surface area contributed by atoms with Gasteiger partial charge in [-0.3, -0.25) is 19.1 Å². The fourth-order valence-corrected chi connectivity index (χ4v) is 5.55. The molecule has 1 spiro atoms. The van der Waals surface area contributed by atoms with E-state index in [2.05, 4.69) is 15.3 Å². The van der Waals surface area contributed by atoms with Crippen LogP contribution in [0.25, 0.3) is 22.3 Å². The number of benzene rings is 1. The van der Waals surface area contributed by atoms with Crippen molar-refractivity contribution in [2.75, 3.05) is 0 Å². The van der Waals surface area contributed by atoms with Gasteiger partial charge in [0.05, 0.1) is 17.8 Å². The van der Waals surface area contributed by atoms with Gasteiger partial charge in [0.1, 0.15) is 23.1 Å². The van der Waals surface area contributed by atoms with Crippen molar-refractivity contribution >= 4 is 16.9 Å². The van der Waals surface area contributed by atoms with E-state index in [-0.39, 0.29) is 29.9 Å². The molecule has 0 atom stereocenters. The number of nitriles is 1. The number of hydrogen-bond donors (Lipinski definition) is 1. The van der Waals surface area contributed by atoms with Crippen LogP contribution in [0, 0.1) is 22.6 Å². The Labute approximate surface area is 212 Å². The lowest BCUT2D eigenvalue weighted by atomic mass is 9.54. The number of fused-ring (bicyclic) bond motifs is 1. The van der Waals surface area contributed by atoms with Crippen molar-refractivity contribution in [3.63, 3.8) is 0 Å². The first-order valence-corrected chi connectivity index (χ1v) is 12.4. The number of halogens is 1. The zero-order valence-corrected chi connectivity index (χ0v) is 20.1. The summed E-state index contributed by atoms with van der Waals surface area (Å²) in [7, 11) is 0. The molecular formula is C29H24FN5O2. The molecule has 1 N–H and O–H groups in total. The van der Waals surface area contributed by atoms with Crippen molar-refractivity contribution in [2.24, 2.45) is 5.41 Å². The maximum absolute atomic E-state index is 13.5. The molecule has 0 radical (unpaired) electrons. The molecule has 4 aromatic rings. The molecule has 8 heteroatoms. The molecule has 3 heterocycles. The summed E-state index contributed by atoms with van der Waals surface area (Å²) >= 11 is 0. The highest BCUT2D eigenvalue weighted by Crippen LogP contribution is 2.55. The summed E-state index contributed by atoms with van der Waals surface area (Å²) < 4.78 is 14.9. The van der Waals surface area contributed by atoms with E-state index in [1.807, 2.05) is 12.1 Å². The largest absolute Gasteiger partial charge is 0.349 e. The summed E-state index contributed by atoms with van der Waals surface area (Å²) in [6, 6.07) is 14.9. The molecule has 0 unspecified atom stereocenters. The molecule has 184 valence electrons. The Hall–Kier alpha value is -4.38. The van der Waals surface area contributed by atoms with Crippen LogP contribution in [0.15, 0.2) is 65.7 Å². The molecule has 1 amide bonds. The van der Waals surface area contributed by atoms with Crippen LogP contribution in [0.4, 0.5) is 4.39 Å². The number of nitrogens with zero attached hydrogens (tertiary/aromatic N) is 4. The summed E-state index contributed by atoms with van der Waals surface area (Å²) in [5, 5.41) is 12.7. The van der Waals surface area contributed by atoms with Crippen molar-refractivity contribution in [1.29, 1.82) is 5.26 Å². The van der Waals surface area contributed by atoms with Gasteiger partial charge in [-0.05, 0) is 73.1 Å². The van der Waals surface area contributed by atoms with Gasteiger partial charge in [0.2, 0.25) is 0 Å². The van der Waals surface area contributed by atoms with E-state index in [1.165, 1.54) is 42.2 Å². The van der Waals surface area contributed by atoms with Crippen LogP contribution in [0.2, 0.25) is 0 Å². The Morgan fingerprint density at radius 2 is 1.89 bits per heavy atom. The van der Waals surface area contributed by atoms with Gasteiger partial charge in [-0.25, -0.2) is 9.37 Å². The summed E-state index contributed by atoms with van der Waals surface area (Å²) in [5.41, 5.74) is 2.91. The van der Waals surface area contributed by atoms with Crippen LogP contribution in [-0.4, -0.2) is 26.5 Å². The minimum Gasteiger partial charge on any atom is -0.349 e. The maximum Gasteiger partial charge on any atom is 0.265 e. The smallest absolute Gasteiger partial charge is 0.265 e. The van der Waals surface area contributed by atoms with E-state index in [9.17, 15) is 14.0 Å². The number of hydrogen-bond acceptors (Lipinski definition) is 5. The molecule has 37 heavy (non-hydrogen) atoms. The van der Waals surface area contributed by atoms with Crippen molar-refractivity contribution in [1.82, 2.24) is 19.9 Å². The van der Waals surface area contributed by atoms with E-state index in [4.69, 9.17) is 5.26 Å². The van der Waals surface area contributed by atoms with E-state index in [0.717, 1.165) is 12.8 Å². The second-order valence-electron chi connectivity index (χ2n) is 10.2. The van der Waals surface area contributed by atoms with Gasteiger partial charge in [-0.15, -0.1) is 0 Å².